The van der Waals surface area contributed by atoms with Crippen molar-refractivity contribution in [2.24, 2.45) is 11.8 Å². The predicted molar refractivity (Wildman–Crippen MR) is 126 cm³/mol. The van der Waals surface area contributed by atoms with Crippen molar-refractivity contribution in [3.63, 3.8) is 0 Å². The summed E-state index contributed by atoms with van der Waals surface area (Å²) in [5.74, 6) is 0.391. The first-order chi connectivity index (χ1) is 15.2. The minimum Gasteiger partial charge on any atom is -0.393 e. The first kappa shape index (κ1) is 20.5. The van der Waals surface area contributed by atoms with Crippen molar-refractivity contribution in [3.8, 4) is 0 Å². The number of carbonyl (C=O) groups is 1. The van der Waals surface area contributed by atoms with Gasteiger partial charge >= 0.3 is 0 Å². The van der Waals surface area contributed by atoms with E-state index in [1.54, 1.807) is 0 Å². The van der Waals surface area contributed by atoms with Crippen LogP contribution in [-0.2, 0) is 5.41 Å². The van der Waals surface area contributed by atoms with Gasteiger partial charge in [-0.15, -0.1) is 0 Å². The number of hydrogen-bond acceptors (Lipinski definition) is 4. The Balaban J connectivity index is 1.50. The Kier molecular flexibility index (Phi) is 5.70. The lowest BCUT2D eigenvalue weighted by Gasteiger charge is -2.48. The number of hydrogen-bond donors (Lipinski definition) is 1. The van der Waals surface area contributed by atoms with Gasteiger partial charge in [-0.05, 0) is 29.9 Å². The van der Waals surface area contributed by atoms with E-state index in [0.29, 0.717) is 0 Å². The van der Waals surface area contributed by atoms with Crippen molar-refractivity contribution >= 4 is 17.1 Å². The van der Waals surface area contributed by atoms with E-state index in [1.807, 2.05) is 30.3 Å². The number of aliphatic hydroxyl groups is 1. The largest absolute Gasteiger partial charge is 0.393 e. The second-order valence-corrected chi connectivity index (χ2v) is 9.74. The molecule has 2 aliphatic rings. The maximum atomic E-state index is 12.8. The molecule has 1 N–H and O–H groups in total. The standard InChI is InChI=1S/C27H27NO2S/c29-25-16-17-27(21-12-6-2-7-13-21,22-14-8-3-9-15-22)24-19-28(18-23(24)25)31-26(30)20-10-4-1-5-11-20/h1-15,23-25,29H,16-19H2. The van der Waals surface area contributed by atoms with Crippen LogP contribution in [0.3, 0.4) is 0 Å². The third-order valence-electron chi connectivity index (χ3n) is 7.09. The minimum atomic E-state index is -0.331. The first-order valence-corrected chi connectivity index (χ1v) is 11.8. The summed E-state index contributed by atoms with van der Waals surface area (Å²) in [4.78, 5) is 12.8. The monoisotopic (exact) mass is 429 g/mol. The van der Waals surface area contributed by atoms with Gasteiger partial charge in [-0.2, -0.15) is 0 Å². The summed E-state index contributed by atoms with van der Waals surface area (Å²) < 4.78 is 2.18. The van der Waals surface area contributed by atoms with Crippen LogP contribution in [-0.4, -0.2) is 33.7 Å². The molecule has 0 radical (unpaired) electrons. The Hall–Kier alpha value is -2.40. The van der Waals surface area contributed by atoms with E-state index in [1.165, 1.54) is 23.1 Å². The normalized spacial score (nSPS) is 25.1. The summed E-state index contributed by atoms with van der Waals surface area (Å²) in [6.45, 7) is 1.52. The number of carbonyl (C=O) groups excluding carboxylic acids is 1. The minimum absolute atomic E-state index is 0.0683. The molecule has 3 atom stereocenters. The van der Waals surface area contributed by atoms with Crippen LogP contribution in [0, 0.1) is 11.8 Å². The SMILES string of the molecule is O=C(SN1CC2C(O)CCC(c3ccccc3)(c3ccccc3)C2C1)c1ccccc1. The molecule has 2 fully saturated rings. The van der Waals surface area contributed by atoms with Crippen molar-refractivity contribution in [3.05, 3.63) is 108 Å². The molecule has 1 aliphatic heterocycles. The van der Waals surface area contributed by atoms with Gasteiger partial charge in [0.25, 0.3) is 0 Å². The summed E-state index contributed by atoms with van der Waals surface area (Å²) >= 11 is 1.30. The Morgan fingerprint density at radius 1 is 0.839 bits per heavy atom. The highest BCUT2D eigenvalue weighted by Gasteiger charge is 2.54. The highest BCUT2D eigenvalue weighted by molar-refractivity contribution is 8.12. The van der Waals surface area contributed by atoms with Gasteiger partial charge in [0.2, 0.25) is 5.12 Å². The van der Waals surface area contributed by atoms with E-state index in [4.69, 9.17) is 0 Å². The molecule has 0 bridgehead atoms. The molecule has 0 aromatic heterocycles. The van der Waals surface area contributed by atoms with Gasteiger partial charge in [-0.1, -0.05) is 91.0 Å². The number of nitrogens with zero attached hydrogens (tertiary/aromatic N) is 1. The fourth-order valence-electron chi connectivity index (χ4n) is 5.65. The zero-order valence-electron chi connectivity index (χ0n) is 17.4. The van der Waals surface area contributed by atoms with E-state index in [0.717, 1.165) is 31.5 Å². The first-order valence-electron chi connectivity index (χ1n) is 11.0. The molecule has 158 valence electrons. The van der Waals surface area contributed by atoms with Gasteiger partial charge in [-0.3, -0.25) is 4.79 Å². The zero-order chi connectivity index (χ0) is 21.3. The molecular formula is C27H27NO2S. The fourth-order valence-corrected chi connectivity index (χ4v) is 6.61. The molecule has 1 aliphatic carbocycles. The molecule has 3 aromatic carbocycles. The number of rotatable bonds is 4. The molecule has 1 saturated carbocycles. The molecule has 4 heteroatoms. The van der Waals surface area contributed by atoms with Crippen LogP contribution in [0.2, 0.25) is 0 Å². The molecule has 1 heterocycles. The Labute approximate surface area is 188 Å². The smallest absolute Gasteiger partial charge is 0.234 e. The van der Waals surface area contributed by atoms with Crippen LogP contribution in [0.5, 0.6) is 0 Å². The number of aliphatic hydroxyl groups excluding tert-OH is 1. The van der Waals surface area contributed by atoms with Crippen molar-refractivity contribution in [1.82, 2.24) is 4.31 Å². The van der Waals surface area contributed by atoms with Crippen LogP contribution in [0.25, 0.3) is 0 Å². The van der Waals surface area contributed by atoms with Gasteiger partial charge in [-0.25, -0.2) is 4.31 Å². The lowest BCUT2D eigenvalue weighted by Crippen LogP contribution is -2.48. The summed E-state index contributed by atoms with van der Waals surface area (Å²) in [6, 6.07) is 30.9. The fraction of sp³-hybridized carbons (Fsp3) is 0.296. The summed E-state index contributed by atoms with van der Waals surface area (Å²) in [6.07, 6.45) is 1.35. The summed E-state index contributed by atoms with van der Waals surface area (Å²) in [5, 5.41) is 11.0. The highest BCUT2D eigenvalue weighted by atomic mass is 32.2. The Morgan fingerprint density at radius 3 is 1.97 bits per heavy atom. The van der Waals surface area contributed by atoms with Crippen LogP contribution >= 0.6 is 11.9 Å². The van der Waals surface area contributed by atoms with Crippen LogP contribution in [0.4, 0.5) is 0 Å². The summed E-state index contributed by atoms with van der Waals surface area (Å²) in [7, 11) is 0. The molecule has 1 saturated heterocycles. The Bertz CT molecular complexity index is 985. The van der Waals surface area contributed by atoms with E-state index < -0.39 is 0 Å². The van der Waals surface area contributed by atoms with Crippen molar-refractivity contribution in [2.45, 2.75) is 24.4 Å². The van der Waals surface area contributed by atoms with Gasteiger partial charge in [0.05, 0.1) is 6.10 Å². The zero-order valence-corrected chi connectivity index (χ0v) is 18.2. The number of benzene rings is 3. The van der Waals surface area contributed by atoms with E-state index >= 15 is 0 Å². The van der Waals surface area contributed by atoms with Crippen molar-refractivity contribution in [1.29, 1.82) is 0 Å². The predicted octanol–water partition coefficient (Wildman–Crippen LogP) is 5.16. The third-order valence-corrected chi connectivity index (χ3v) is 8.05. The van der Waals surface area contributed by atoms with Crippen molar-refractivity contribution in [2.75, 3.05) is 13.1 Å². The molecule has 3 aromatic rings. The topological polar surface area (TPSA) is 40.5 Å². The van der Waals surface area contributed by atoms with Crippen LogP contribution in [0.15, 0.2) is 91.0 Å². The summed E-state index contributed by atoms with van der Waals surface area (Å²) in [5.41, 5.74) is 3.19. The Morgan fingerprint density at radius 2 is 1.39 bits per heavy atom. The lowest BCUT2D eigenvalue weighted by atomic mass is 9.56. The highest BCUT2D eigenvalue weighted by Crippen LogP contribution is 2.54. The lowest BCUT2D eigenvalue weighted by molar-refractivity contribution is 0.0237. The van der Waals surface area contributed by atoms with Gasteiger partial charge < -0.3 is 5.11 Å². The van der Waals surface area contributed by atoms with Gasteiger partial charge in [0.15, 0.2) is 0 Å². The molecule has 3 nitrogen and oxygen atoms in total. The van der Waals surface area contributed by atoms with E-state index in [9.17, 15) is 9.90 Å². The quantitative estimate of drug-likeness (QED) is 0.582. The second-order valence-electron chi connectivity index (χ2n) is 8.67. The molecule has 3 unspecified atom stereocenters. The second kappa shape index (κ2) is 8.62. The van der Waals surface area contributed by atoms with Gasteiger partial charge in [0, 0.05) is 41.9 Å². The maximum Gasteiger partial charge on any atom is 0.234 e. The van der Waals surface area contributed by atoms with Crippen molar-refractivity contribution < 1.29 is 9.90 Å². The van der Waals surface area contributed by atoms with Crippen LogP contribution < -0.4 is 0 Å². The van der Waals surface area contributed by atoms with Crippen LogP contribution in [0.1, 0.15) is 34.3 Å². The number of fused-ring (bicyclic) bond motifs is 1. The average Bonchev–Trinajstić information content (AvgIpc) is 3.26. The third kappa shape index (κ3) is 3.73. The average molecular weight is 430 g/mol. The molecule has 5 rings (SSSR count). The van der Waals surface area contributed by atoms with E-state index in [2.05, 4.69) is 65.0 Å². The van der Waals surface area contributed by atoms with Gasteiger partial charge in [0.1, 0.15) is 0 Å². The molecular weight excluding hydrogens is 402 g/mol. The van der Waals surface area contributed by atoms with E-state index in [-0.39, 0.29) is 28.5 Å². The maximum absolute atomic E-state index is 12.8. The molecule has 0 spiro atoms. The molecule has 0 amide bonds. The molecule has 31 heavy (non-hydrogen) atoms.